The molecule has 0 bridgehead atoms. The molecule has 3 N–H and O–H groups in total. The van der Waals surface area contributed by atoms with Crippen molar-refractivity contribution in [3.05, 3.63) is 33.3 Å². The molecule has 0 saturated heterocycles. The lowest BCUT2D eigenvalue weighted by molar-refractivity contribution is 0.487. The van der Waals surface area contributed by atoms with E-state index in [0.717, 1.165) is 27.4 Å². The number of nitrogens with one attached hydrogen (secondary N) is 1. The number of hydrazine groups is 1. The normalized spacial score (nSPS) is 17.8. The Kier molecular flexibility index (Phi) is 3.67. The van der Waals surface area contributed by atoms with E-state index < -0.39 is 0 Å². The van der Waals surface area contributed by atoms with Crippen molar-refractivity contribution in [2.24, 2.45) is 11.8 Å². The number of halogens is 2. The van der Waals surface area contributed by atoms with Crippen molar-refractivity contribution < 1.29 is 0 Å². The maximum atomic E-state index is 6.18. The van der Waals surface area contributed by atoms with E-state index in [-0.39, 0.29) is 6.04 Å². The van der Waals surface area contributed by atoms with Gasteiger partial charge >= 0.3 is 0 Å². The third-order valence-electron chi connectivity index (χ3n) is 2.81. The summed E-state index contributed by atoms with van der Waals surface area (Å²) in [5, 5.41) is 0.771. The number of rotatable bonds is 4. The zero-order chi connectivity index (χ0) is 10.8. The second kappa shape index (κ2) is 4.83. The van der Waals surface area contributed by atoms with Crippen LogP contribution in [0.2, 0.25) is 5.02 Å². The summed E-state index contributed by atoms with van der Waals surface area (Å²) in [7, 11) is 0. The van der Waals surface area contributed by atoms with Gasteiger partial charge in [-0.25, -0.2) is 0 Å². The van der Waals surface area contributed by atoms with Crippen molar-refractivity contribution in [3.63, 3.8) is 0 Å². The Labute approximate surface area is 103 Å². The van der Waals surface area contributed by atoms with Crippen LogP contribution in [0.5, 0.6) is 0 Å². The number of hydrogen-bond acceptors (Lipinski definition) is 2. The largest absolute Gasteiger partial charge is 0.271 e. The maximum absolute atomic E-state index is 6.18. The molecule has 0 heterocycles. The van der Waals surface area contributed by atoms with Crippen LogP contribution in [0.15, 0.2) is 22.7 Å². The Morgan fingerprint density at radius 1 is 1.53 bits per heavy atom. The van der Waals surface area contributed by atoms with Gasteiger partial charge in [0.2, 0.25) is 0 Å². The number of benzene rings is 1. The first-order valence-electron chi connectivity index (χ1n) is 5.12. The molecule has 1 atom stereocenters. The van der Waals surface area contributed by atoms with Gasteiger partial charge in [-0.3, -0.25) is 11.3 Å². The fourth-order valence-corrected chi connectivity index (χ4v) is 2.56. The van der Waals surface area contributed by atoms with Crippen LogP contribution in [0, 0.1) is 5.92 Å². The molecule has 1 saturated carbocycles. The van der Waals surface area contributed by atoms with Crippen LogP contribution >= 0.6 is 27.5 Å². The molecule has 1 aromatic carbocycles. The van der Waals surface area contributed by atoms with Gasteiger partial charge in [-0.05, 0) is 30.0 Å². The van der Waals surface area contributed by atoms with Gasteiger partial charge in [-0.15, -0.1) is 0 Å². The summed E-state index contributed by atoms with van der Waals surface area (Å²) in [6.07, 6.45) is 3.73. The molecule has 0 radical (unpaired) electrons. The Balaban J connectivity index is 2.16. The van der Waals surface area contributed by atoms with Crippen LogP contribution < -0.4 is 11.3 Å². The molecule has 0 aliphatic heterocycles. The summed E-state index contributed by atoms with van der Waals surface area (Å²) in [6, 6.07) is 6.12. The molecule has 1 fully saturated rings. The summed E-state index contributed by atoms with van der Waals surface area (Å²) in [6.45, 7) is 0. The van der Waals surface area contributed by atoms with E-state index in [1.54, 1.807) is 0 Å². The minimum atomic E-state index is 0.179. The van der Waals surface area contributed by atoms with Gasteiger partial charge in [0.05, 0.1) is 0 Å². The molecule has 15 heavy (non-hydrogen) atoms. The molecule has 1 aromatic rings. The summed E-state index contributed by atoms with van der Waals surface area (Å²) < 4.78 is 0.999. The van der Waals surface area contributed by atoms with Gasteiger partial charge in [0.1, 0.15) is 0 Å². The summed E-state index contributed by atoms with van der Waals surface area (Å²) in [5.41, 5.74) is 3.94. The molecule has 0 spiro atoms. The average Bonchev–Trinajstić information content (AvgIpc) is 2.99. The predicted molar refractivity (Wildman–Crippen MR) is 66.6 cm³/mol. The van der Waals surface area contributed by atoms with Gasteiger partial charge < -0.3 is 0 Å². The molecule has 0 amide bonds. The number of hydrogen-bond donors (Lipinski definition) is 2. The first-order chi connectivity index (χ1) is 7.20. The standard InChI is InChI=1S/C11H14BrClN2/c12-8-3-4-9(10(13)6-8)11(15-14)5-7-1-2-7/h3-4,6-7,11,15H,1-2,5,14H2. The van der Waals surface area contributed by atoms with Crippen LogP contribution in [0.3, 0.4) is 0 Å². The monoisotopic (exact) mass is 288 g/mol. The molecule has 4 heteroatoms. The lowest BCUT2D eigenvalue weighted by atomic mass is 10.0. The fourth-order valence-electron chi connectivity index (χ4n) is 1.76. The van der Waals surface area contributed by atoms with E-state index in [1.807, 2.05) is 18.2 Å². The number of nitrogens with two attached hydrogens (primary N) is 1. The highest BCUT2D eigenvalue weighted by Crippen LogP contribution is 2.39. The molecule has 0 aromatic heterocycles. The highest BCUT2D eigenvalue weighted by Gasteiger charge is 2.26. The van der Waals surface area contributed by atoms with Crippen LogP contribution in [-0.4, -0.2) is 0 Å². The van der Waals surface area contributed by atoms with E-state index >= 15 is 0 Å². The smallest absolute Gasteiger partial charge is 0.0477 e. The highest BCUT2D eigenvalue weighted by atomic mass is 79.9. The lowest BCUT2D eigenvalue weighted by Crippen LogP contribution is -2.28. The van der Waals surface area contributed by atoms with Crippen LogP contribution in [0.1, 0.15) is 30.9 Å². The van der Waals surface area contributed by atoms with Crippen molar-refractivity contribution in [2.45, 2.75) is 25.3 Å². The van der Waals surface area contributed by atoms with Gasteiger partial charge in [0, 0.05) is 15.5 Å². The Hall–Kier alpha value is -0.0900. The minimum absolute atomic E-state index is 0.179. The molecule has 1 unspecified atom stereocenters. The lowest BCUT2D eigenvalue weighted by Gasteiger charge is -2.17. The molecule has 2 rings (SSSR count). The topological polar surface area (TPSA) is 38.0 Å². The Morgan fingerprint density at radius 3 is 2.80 bits per heavy atom. The summed E-state index contributed by atoms with van der Waals surface area (Å²) in [4.78, 5) is 0. The second-order valence-electron chi connectivity index (χ2n) is 4.06. The van der Waals surface area contributed by atoms with Crippen molar-refractivity contribution in [1.29, 1.82) is 0 Å². The second-order valence-corrected chi connectivity index (χ2v) is 5.39. The minimum Gasteiger partial charge on any atom is -0.271 e. The van der Waals surface area contributed by atoms with E-state index in [9.17, 15) is 0 Å². The zero-order valence-corrected chi connectivity index (χ0v) is 10.7. The first kappa shape index (κ1) is 11.4. The van der Waals surface area contributed by atoms with Crippen molar-refractivity contribution in [3.8, 4) is 0 Å². The molecule has 1 aliphatic rings. The quantitative estimate of drug-likeness (QED) is 0.658. The molecule has 2 nitrogen and oxygen atoms in total. The highest BCUT2D eigenvalue weighted by molar-refractivity contribution is 9.10. The van der Waals surface area contributed by atoms with Gasteiger partial charge in [0.15, 0.2) is 0 Å². The van der Waals surface area contributed by atoms with E-state index in [4.69, 9.17) is 17.4 Å². The summed E-state index contributed by atoms with van der Waals surface area (Å²) >= 11 is 9.58. The maximum Gasteiger partial charge on any atom is 0.0477 e. The molecule has 1 aliphatic carbocycles. The third kappa shape index (κ3) is 2.94. The van der Waals surface area contributed by atoms with Crippen LogP contribution in [-0.2, 0) is 0 Å². The van der Waals surface area contributed by atoms with Crippen molar-refractivity contribution >= 4 is 27.5 Å². The third-order valence-corrected chi connectivity index (χ3v) is 3.63. The van der Waals surface area contributed by atoms with E-state index in [1.165, 1.54) is 12.8 Å². The van der Waals surface area contributed by atoms with Gasteiger partial charge in [-0.2, -0.15) is 0 Å². The Bertz CT molecular complexity index is 352. The molecular weight excluding hydrogens is 275 g/mol. The van der Waals surface area contributed by atoms with E-state index in [2.05, 4.69) is 21.4 Å². The summed E-state index contributed by atoms with van der Waals surface area (Å²) in [5.74, 6) is 6.39. The fraction of sp³-hybridized carbons (Fsp3) is 0.455. The van der Waals surface area contributed by atoms with Crippen LogP contribution in [0.4, 0.5) is 0 Å². The molecule has 82 valence electrons. The first-order valence-corrected chi connectivity index (χ1v) is 6.29. The molecular formula is C11H14BrClN2. The van der Waals surface area contributed by atoms with E-state index in [0.29, 0.717) is 0 Å². The van der Waals surface area contributed by atoms with Crippen LogP contribution in [0.25, 0.3) is 0 Å². The zero-order valence-electron chi connectivity index (χ0n) is 8.34. The SMILES string of the molecule is NNC(CC1CC1)c1ccc(Br)cc1Cl. The predicted octanol–water partition coefficient (Wildman–Crippen LogP) is 3.41. The van der Waals surface area contributed by atoms with Gasteiger partial charge in [-0.1, -0.05) is 46.4 Å². The van der Waals surface area contributed by atoms with Crippen molar-refractivity contribution in [2.75, 3.05) is 0 Å². The van der Waals surface area contributed by atoms with Gasteiger partial charge in [0.25, 0.3) is 0 Å². The Morgan fingerprint density at radius 2 is 2.27 bits per heavy atom. The average molecular weight is 290 g/mol. The van der Waals surface area contributed by atoms with Crippen molar-refractivity contribution in [1.82, 2.24) is 5.43 Å².